The standard InChI is InChI=1S/C19H20ClN3O6S/c1-12(17(24)23-19(26)21-2)29-18(25)14-8-9-15(20)16(10-14)30(27,28)22-11-13-6-4-3-5-7-13/h3-10,12,22H,11H2,1-2H3,(H2,21,23,24,26). The normalized spacial score (nSPS) is 12.0. The summed E-state index contributed by atoms with van der Waals surface area (Å²) in [6.45, 7) is 1.30. The maximum absolute atomic E-state index is 12.6. The van der Waals surface area contributed by atoms with E-state index in [4.69, 9.17) is 16.3 Å². The number of imide groups is 1. The number of sulfonamides is 1. The van der Waals surface area contributed by atoms with Crippen LogP contribution < -0.4 is 15.4 Å². The Hall–Kier alpha value is -2.95. The first kappa shape index (κ1) is 23.3. The van der Waals surface area contributed by atoms with Crippen molar-refractivity contribution in [2.75, 3.05) is 7.05 Å². The zero-order valence-corrected chi connectivity index (χ0v) is 17.7. The fourth-order valence-corrected chi connectivity index (χ4v) is 3.79. The topological polar surface area (TPSA) is 131 Å². The number of amides is 3. The fraction of sp³-hybridized carbons (Fsp3) is 0.211. The van der Waals surface area contributed by atoms with E-state index in [9.17, 15) is 22.8 Å². The van der Waals surface area contributed by atoms with Crippen LogP contribution in [0.5, 0.6) is 0 Å². The maximum atomic E-state index is 12.6. The molecule has 0 aliphatic rings. The van der Waals surface area contributed by atoms with Crippen LogP contribution in [-0.4, -0.2) is 39.5 Å². The molecule has 1 atom stereocenters. The van der Waals surface area contributed by atoms with Gasteiger partial charge in [-0.1, -0.05) is 41.9 Å². The predicted molar refractivity (Wildman–Crippen MR) is 109 cm³/mol. The number of halogens is 1. The molecule has 0 aliphatic carbocycles. The van der Waals surface area contributed by atoms with Gasteiger partial charge in [0, 0.05) is 13.6 Å². The lowest BCUT2D eigenvalue weighted by molar-refractivity contribution is -0.127. The van der Waals surface area contributed by atoms with Gasteiger partial charge in [0.05, 0.1) is 10.6 Å². The summed E-state index contributed by atoms with van der Waals surface area (Å²) in [6.07, 6.45) is -1.29. The van der Waals surface area contributed by atoms with E-state index in [0.717, 1.165) is 11.6 Å². The minimum Gasteiger partial charge on any atom is -0.449 e. The van der Waals surface area contributed by atoms with Gasteiger partial charge in [0.25, 0.3) is 5.91 Å². The molecule has 9 nitrogen and oxygen atoms in total. The number of hydrogen-bond donors (Lipinski definition) is 3. The fourth-order valence-electron chi connectivity index (χ4n) is 2.25. The molecule has 0 aromatic heterocycles. The van der Waals surface area contributed by atoms with Crippen molar-refractivity contribution < 1.29 is 27.5 Å². The highest BCUT2D eigenvalue weighted by molar-refractivity contribution is 7.89. The Morgan fingerprint density at radius 3 is 2.40 bits per heavy atom. The quantitative estimate of drug-likeness (QED) is 0.548. The first-order valence-electron chi connectivity index (χ1n) is 8.70. The highest BCUT2D eigenvalue weighted by atomic mass is 35.5. The molecule has 3 N–H and O–H groups in total. The molecule has 2 rings (SSSR count). The number of carbonyl (C=O) groups is 3. The van der Waals surface area contributed by atoms with Crippen LogP contribution in [0.1, 0.15) is 22.8 Å². The molecule has 0 aliphatic heterocycles. The number of hydrogen-bond acceptors (Lipinski definition) is 6. The second kappa shape index (κ2) is 10.2. The molecule has 0 saturated heterocycles. The van der Waals surface area contributed by atoms with E-state index in [1.165, 1.54) is 26.1 Å². The lowest BCUT2D eigenvalue weighted by atomic mass is 10.2. The molecule has 3 amide bonds. The van der Waals surface area contributed by atoms with Gasteiger partial charge in [0.1, 0.15) is 4.90 Å². The van der Waals surface area contributed by atoms with Crippen LogP contribution in [0.25, 0.3) is 0 Å². The van der Waals surface area contributed by atoms with Gasteiger partial charge in [0.2, 0.25) is 10.0 Å². The third-order valence-corrected chi connectivity index (χ3v) is 5.77. The molecule has 1 unspecified atom stereocenters. The van der Waals surface area contributed by atoms with Crippen LogP contribution in [0, 0.1) is 0 Å². The van der Waals surface area contributed by atoms with Crippen LogP contribution in [0.2, 0.25) is 5.02 Å². The summed E-state index contributed by atoms with van der Waals surface area (Å²) in [5.41, 5.74) is 0.614. The van der Waals surface area contributed by atoms with Crippen molar-refractivity contribution in [3.63, 3.8) is 0 Å². The Kier molecular flexibility index (Phi) is 7.93. The Morgan fingerprint density at radius 1 is 1.10 bits per heavy atom. The number of carbonyl (C=O) groups excluding carboxylic acids is 3. The third-order valence-electron chi connectivity index (χ3n) is 3.88. The van der Waals surface area contributed by atoms with Crippen molar-refractivity contribution >= 4 is 39.5 Å². The van der Waals surface area contributed by atoms with Crippen molar-refractivity contribution in [1.29, 1.82) is 0 Å². The zero-order chi connectivity index (χ0) is 22.3. The summed E-state index contributed by atoms with van der Waals surface area (Å²) in [7, 11) is -2.71. The maximum Gasteiger partial charge on any atom is 0.338 e. The molecular formula is C19H20ClN3O6S. The number of esters is 1. The number of benzene rings is 2. The van der Waals surface area contributed by atoms with Gasteiger partial charge in [-0.25, -0.2) is 22.7 Å². The van der Waals surface area contributed by atoms with Crippen molar-refractivity contribution in [2.45, 2.75) is 24.5 Å². The summed E-state index contributed by atoms with van der Waals surface area (Å²) in [4.78, 5) is 35.0. The second-order valence-corrected chi connectivity index (χ2v) is 8.21. The minimum atomic E-state index is -4.03. The molecule has 0 heterocycles. The zero-order valence-electron chi connectivity index (χ0n) is 16.1. The molecule has 0 fully saturated rings. The molecule has 0 spiro atoms. The van der Waals surface area contributed by atoms with Gasteiger partial charge >= 0.3 is 12.0 Å². The second-order valence-electron chi connectivity index (χ2n) is 6.07. The SMILES string of the molecule is CNC(=O)NC(=O)C(C)OC(=O)c1ccc(Cl)c(S(=O)(=O)NCc2ccccc2)c1. The molecular weight excluding hydrogens is 434 g/mol. The van der Waals surface area contributed by atoms with Gasteiger partial charge in [-0.05, 0) is 30.7 Å². The largest absolute Gasteiger partial charge is 0.449 e. The monoisotopic (exact) mass is 453 g/mol. The van der Waals surface area contributed by atoms with E-state index < -0.39 is 34.0 Å². The van der Waals surface area contributed by atoms with E-state index in [-0.39, 0.29) is 22.0 Å². The molecule has 0 radical (unpaired) electrons. The van der Waals surface area contributed by atoms with Crippen molar-refractivity contribution in [3.8, 4) is 0 Å². The van der Waals surface area contributed by atoms with Crippen LogP contribution in [-0.2, 0) is 26.1 Å². The summed E-state index contributed by atoms with van der Waals surface area (Å²) in [6, 6.07) is 11.7. The van der Waals surface area contributed by atoms with Crippen molar-refractivity contribution in [3.05, 3.63) is 64.7 Å². The number of urea groups is 1. The molecule has 11 heteroatoms. The lowest BCUT2D eigenvalue weighted by Crippen LogP contribution is -2.43. The molecule has 0 saturated carbocycles. The van der Waals surface area contributed by atoms with Crippen molar-refractivity contribution in [1.82, 2.24) is 15.4 Å². The average Bonchev–Trinajstić information content (AvgIpc) is 2.73. The predicted octanol–water partition coefficient (Wildman–Crippen LogP) is 1.82. The summed E-state index contributed by atoms with van der Waals surface area (Å²) in [5, 5.41) is 4.07. The highest BCUT2D eigenvalue weighted by Gasteiger charge is 2.24. The third kappa shape index (κ3) is 6.28. The molecule has 160 valence electrons. The van der Waals surface area contributed by atoms with Crippen molar-refractivity contribution in [2.24, 2.45) is 0 Å². The first-order valence-corrected chi connectivity index (χ1v) is 10.6. The highest BCUT2D eigenvalue weighted by Crippen LogP contribution is 2.23. The van der Waals surface area contributed by atoms with Crippen LogP contribution in [0.4, 0.5) is 4.79 Å². The van der Waals surface area contributed by atoms with E-state index in [2.05, 4.69) is 10.0 Å². The summed E-state index contributed by atoms with van der Waals surface area (Å²) < 4.78 is 32.7. The molecule has 30 heavy (non-hydrogen) atoms. The first-order chi connectivity index (χ1) is 14.1. The Morgan fingerprint density at radius 2 is 1.77 bits per heavy atom. The Labute approximate surface area is 178 Å². The van der Waals surface area contributed by atoms with Gasteiger partial charge in [-0.15, -0.1) is 0 Å². The number of ether oxygens (including phenoxy) is 1. The molecule has 0 bridgehead atoms. The number of rotatable bonds is 7. The summed E-state index contributed by atoms with van der Waals surface area (Å²) in [5.74, 6) is -1.79. The van der Waals surface area contributed by atoms with Gasteiger partial charge in [-0.3, -0.25) is 10.1 Å². The average molecular weight is 454 g/mol. The van der Waals surface area contributed by atoms with Crippen LogP contribution in [0.3, 0.4) is 0 Å². The summed E-state index contributed by atoms with van der Waals surface area (Å²) >= 11 is 6.02. The number of nitrogens with one attached hydrogen (secondary N) is 3. The smallest absolute Gasteiger partial charge is 0.338 e. The van der Waals surface area contributed by atoms with Gasteiger partial charge in [-0.2, -0.15) is 0 Å². The Balaban J connectivity index is 2.14. The Bertz CT molecular complexity index is 1040. The van der Waals surface area contributed by atoms with E-state index in [0.29, 0.717) is 0 Å². The minimum absolute atomic E-state index is 0.0326. The van der Waals surface area contributed by atoms with Crippen LogP contribution >= 0.6 is 11.6 Å². The van der Waals surface area contributed by atoms with E-state index in [1.54, 1.807) is 30.3 Å². The lowest BCUT2D eigenvalue weighted by Gasteiger charge is -2.14. The van der Waals surface area contributed by atoms with E-state index >= 15 is 0 Å². The van der Waals surface area contributed by atoms with Gasteiger partial charge < -0.3 is 10.1 Å². The molecule has 2 aromatic carbocycles. The molecule has 2 aromatic rings. The van der Waals surface area contributed by atoms with Crippen LogP contribution in [0.15, 0.2) is 53.4 Å². The van der Waals surface area contributed by atoms with E-state index in [1.807, 2.05) is 5.32 Å². The van der Waals surface area contributed by atoms with Gasteiger partial charge in [0.15, 0.2) is 6.10 Å².